The van der Waals surface area contributed by atoms with Gasteiger partial charge >= 0.3 is 5.97 Å². The van der Waals surface area contributed by atoms with Crippen LogP contribution in [0.15, 0.2) is 0 Å². The highest BCUT2D eigenvalue weighted by molar-refractivity contribution is 9.09. The van der Waals surface area contributed by atoms with E-state index in [1.807, 2.05) is 20.8 Å². The lowest BCUT2D eigenvalue weighted by molar-refractivity contribution is -0.201. The van der Waals surface area contributed by atoms with Crippen molar-refractivity contribution in [3.8, 4) is 0 Å². The summed E-state index contributed by atoms with van der Waals surface area (Å²) >= 11 is 3.37. The van der Waals surface area contributed by atoms with E-state index in [4.69, 9.17) is 9.47 Å². The zero-order valence-corrected chi connectivity index (χ0v) is 14.3. The van der Waals surface area contributed by atoms with Crippen molar-refractivity contribution in [2.45, 2.75) is 51.7 Å². The number of hydrogen-bond donors (Lipinski definition) is 1. The fourth-order valence-electron chi connectivity index (χ4n) is 3.44. The van der Waals surface area contributed by atoms with Crippen LogP contribution in [0.2, 0.25) is 0 Å². The first kappa shape index (κ1) is 16.2. The van der Waals surface area contributed by atoms with Gasteiger partial charge in [-0.15, -0.1) is 0 Å². The molecule has 2 rings (SSSR count). The summed E-state index contributed by atoms with van der Waals surface area (Å²) in [6.07, 6.45) is 3.11. The van der Waals surface area contributed by atoms with Crippen LogP contribution >= 0.6 is 15.9 Å². The molecule has 1 aliphatic carbocycles. The highest BCUT2D eigenvalue weighted by atomic mass is 79.9. The molecule has 1 saturated heterocycles. The predicted octanol–water partition coefficient (Wildman–Crippen LogP) is 2.50. The fraction of sp³-hybridized carbons (Fsp3) is 0.933. The molecule has 0 radical (unpaired) electrons. The minimum Gasteiger partial charge on any atom is -0.460 e. The van der Waals surface area contributed by atoms with Gasteiger partial charge in [0.05, 0.1) is 18.6 Å². The highest BCUT2D eigenvalue weighted by Crippen LogP contribution is 2.54. The number of carbonyl (C=O) groups excluding carboxylic acids is 1. The number of carbonyl (C=O) groups is 1. The second-order valence-electron chi connectivity index (χ2n) is 6.93. The van der Waals surface area contributed by atoms with Gasteiger partial charge in [0, 0.05) is 5.33 Å². The molecule has 0 aromatic carbocycles. The van der Waals surface area contributed by atoms with Gasteiger partial charge in [-0.3, -0.25) is 4.79 Å². The molecule has 1 saturated carbocycles. The van der Waals surface area contributed by atoms with Crippen LogP contribution in [0.3, 0.4) is 0 Å². The van der Waals surface area contributed by atoms with Crippen LogP contribution in [-0.4, -0.2) is 42.7 Å². The molecule has 1 heterocycles. The summed E-state index contributed by atoms with van der Waals surface area (Å²) in [7, 11) is 0. The third-order valence-corrected chi connectivity index (χ3v) is 4.63. The van der Waals surface area contributed by atoms with Gasteiger partial charge in [-0.25, -0.2) is 0 Å². The molecule has 1 N–H and O–H groups in total. The van der Waals surface area contributed by atoms with Crippen molar-refractivity contribution in [1.29, 1.82) is 0 Å². The average Bonchev–Trinajstić information content (AvgIpc) is 2.33. The first-order valence-corrected chi connectivity index (χ1v) is 8.61. The van der Waals surface area contributed by atoms with Gasteiger partial charge in [0.15, 0.2) is 0 Å². The van der Waals surface area contributed by atoms with Crippen LogP contribution < -0.4 is 5.32 Å². The standard InChI is InChI=1S/C15H26BrNO3/c1-14(2,3)20-13(18)12-11(19-9-6-16)10-15(12)4-7-17-8-5-15/h11-12,17H,4-10H2,1-3H3. The summed E-state index contributed by atoms with van der Waals surface area (Å²) in [4.78, 5) is 12.6. The van der Waals surface area contributed by atoms with Crippen molar-refractivity contribution < 1.29 is 14.3 Å². The Morgan fingerprint density at radius 3 is 2.55 bits per heavy atom. The molecule has 0 bridgehead atoms. The third kappa shape index (κ3) is 3.55. The summed E-state index contributed by atoms with van der Waals surface area (Å²) in [6, 6.07) is 0. The maximum absolute atomic E-state index is 12.6. The van der Waals surface area contributed by atoms with Gasteiger partial charge in [-0.1, -0.05) is 15.9 Å². The number of esters is 1. The largest absolute Gasteiger partial charge is 0.460 e. The van der Waals surface area contributed by atoms with Crippen molar-refractivity contribution in [3.05, 3.63) is 0 Å². The Hall–Kier alpha value is -0.130. The molecule has 0 aromatic heterocycles. The second kappa shape index (κ2) is 6.32. The fourth-order valence-corrected chi connectivity index (χ4v) is 3.62. The molecule has 2 atom stereocenters. The number of nitrogens with one attached hydrogen (secondary N) is 1. The second-order valence-corrected chi connectivity index (χ2v) is 7.72. The van der Waals surface area contributed by atoms with Crippen molar-refractivity contribution >= 4 is 21.9 Å². The van der Waals surface area contributed by atoms with Gasteiger partial charge < -0.3 is 14.8 Å². The summed E-state index contributed by atoms with van der Waals surface area (Å²) < 4.78 is 11.5. The van der Waals surface area contributed by atoms with E-state index >= 15 is 0 Å². The topological polar surface area (TPSA) is 47.6 Å². The van der Waals surface area contributed by atoms with E-state index < -0.39 is 5.60 Å². The van der Waals surface area contributed by atoms with Crippen LogP contribution in [0.4, 0.5) is 0 Å². The van der Waals surface area contributed by atoms with E-state index in [9.17, 15) is 4.79 Å². The SMILES string of the molecule is CC(C)(C)OC(=O)C1C(OCCBr)CC12CCNCC2. The summed E-state index contributed by atoms with van der Waals surface area (Å²) in [5.74, 6) is -0.173. The molecule has 1 spiro atoms. The molecule has 2 aliphatic rings. The van der Waals surface area contributed by atoms with Crippen molar-refractivity contribution in [2.75, 3.05) is 25.0 Å². The van der Waals surface area contributed by atoms with E-state index in [-0.39, 0.29) is 23.4 Å². The first-order chi connectivity index (χ1) is 9.38. The Bertz CT molecular complexity index is 348. The average molecular weight is 348 g/mol. The Balaban J connectivity index is 2.05. The third-order valence-electron chi connectivity index (χ3n) is 4.31. The Morgan fingerprint density at radius 1 is 1.35 bits per heavy atom. The quantitative estimate of drug-likeness (QED) is 0.626. The predicted molar refractivity (Wildman–Crippen MR) is 82.0 cm³/mol. The molecule has 5 heteroatoms. The zero-order valence-electron chi connectivity index (χ0n) is 12.7. The lowest BCUT2D eigenvalue weighted by Crippen LogP contribution is -2.60. The van der Waals surface area contributed by atoms with Crippen LogP contribution in [0.1, 0.15) is 40.0 Å². The highest BCUT2D eigenvalue weighted by Gasteiger charge is 2.59. The molecule has 116 valence electrons. The minimum atomic E-state index is -0.430. The number of halogens is 1. The van der Waals surface area contributed by atoms with Crippen LogP contribution in [0, 0.1) is 11.3 Å². The van der Waals surface area contributed by atoms with Gasteiger partial charge in [0.2, 0.25) is 0 Å². The molecule has 1 aliphatic heterocycles. The molecule has 0 aromatic rings. The van der Waals surface area contributed by atoms with Crippen LogP contribution in [0.25, 0.3) is 0 Å². The molecule has 20 heavy (non-hydrogen) atoms. The molecule has 2 fully saturated rings. The summed E-state index contributed by atoms with van der Waals surface area (Å²) in [5, 5.41) is 4.18. The maximum Gasteiger partial charge on any atom is 0.312 e. The van der Waals surface area contributed by atoms with Gasteiger partial charge in [-0.05, 0) is 58.5 Å². The van der Waals surface area contributed by atoms with E-state index in [2.05, 4.69) is 21.2 Å². The van der Waals surface area contributed by atoms with E-state index in [0.717, 1.165) is 37.7 Å². The summed E-state index contributed by atoms with van der Waals surface area (Å²) in [5.41, 5.74) is -0.328. The first-order valence-electron chi connectivity index (χ1n) is 7.49. The number of rotatable bonds is 4. The number of piperidine rings is 1. The Kier molecular flexibility index (Phi) is 5.14. The van der Waals surface area contributed by atoms with Crippen molar-refractivity contribution in [2.24, 2.45) is 11.3 Å². The lowest BCUT2D eigenvalue weighted by atomic mass is 9.54. The molecule has 0 amide bonds. The number of alkyl halides is 1. The van der Waals surface area contributed by atoms with Gasteiger partial charge in [0.25, 0.3) is 0 Å². The lowest BCUT2D eigenvalue weighted by Gasteiger charge is -2.55. The van der Waals surface area contributed by atoms with Crippen molar-refractivity contribution in [1.82, 2.24) is 5.32 Å². The van der Waals surface area contributed by atoms with Crippen LogP contribution in [-0.2, 0) is 14.3 Å². The molecular formula is C15H26BrNO3. The Labute approximate surface area is 130 Å². The number of hydrogen-bond acceptors (Lipinski definition) is 4. The smallest absolute Gasteiger partial charge is 0.312 e. The van der Waals surface area contributed by atoms with E-state index in [1.165, 1.54) is 0 Å². The number of ether oxygens (including phenoxy) is 2. The van der Waals surface area contributed by atoms with E-state index in [1.54, 1.807) is 0 Å². The monoisotopic (exact) mass is 347 g/mol. The van der Waals surface area contributed by atoms with Crippen molar-refractivity contribution in [3.63, 3.8) is 0 Å². The normalized spacial score (nSPS) is 29.0. The Morgan fingerprint density at radius 2 is 2.00 bits per heavy atom. The van der Waals surface area contributed by atoms with Crippen LogP contribution in [0.5, 0.6) is 0 Å². The molecule has 2 unspecified atom stereocenters. The van der Waals surface area contributed by atoms with Gasteiger partial charge in [-0.2, -0.15) is 0 Å². The molecule has 4 nitrogen and oxygen atoms in total. The minimum absolute atomic E-state index is 0.0282. The zero-order chi connectivity index (χ0) is 14.8. The van der Waals surface area contributed by atoms with E-state index in [0.29, 0.717) is 6.61 Å². The summed E-state index contributed by atoms with van der Waals surface area (Å²) in [6.45, 7) is 8.40. The molecular weight excluding hydrogens is 322 g/mol. The maximum atomic E-state index is 12.6. The van der Waals surface area contributed by atoms with Gasteiger partial charge in [0.1, 0.15) is 5.60 Å².